The largest absolute Gasteiger partial charge is 0.376 e. The molecule has 0 aliphatic carbocycles. The summed E-state index contributed by atoms with van der Waals surface area (Å²) in [4.78, 5) is 29.8. The Labute approximate surface area is 160 Å². The number of imidazole rings is 2. The number of rotatable bonds is 3. The fourth-order valence-corrected chi connectivity index (χ4v) is 4.03. The molecular weight excluding hydrogens is 358 g/mol. The molecule has 0 saturated carbocycles. The maximum absolute atomic E-state index is 12.8. The summed E-state index contributed by atoms with van der Waals surface area (Å²) in [5, 5.41) is 0. The maximum Gasteiger partial charge on any atom is 0.332 e. The second-order valence-corrected chi connectivity index (χ2v) is 7.29. The lowest BCUT2D eigenvalue weighted by molar-refractivity contribution is 0.0981. The van der Waals surface area contributed by atoms with Gasteiger partial charge in [-0.1, -0.05) is 30.3 Å². The summed E-state index contributed by atoms with van der Waals surface area (Å²) in [6.07, 6.45) is 4.10. The Hall–Kier alpha value is -3.13. The van der Waals surface area contributed by atoms with Crippen LogP contribution in [0.15, 0.2) is 46.1 Å². The molecule has 4 aromatic rings. The van der Waals surface area contributed by atoms with Gasteiger partial charge in [0.05, 0.1) is 18.3 Å². The van der Waals surface area contributed by atoms with Crippen LogP contribution in [0.25, 0.3) is 28.2 Å². The van der Waals surface area contributed by atoms with E-state index in [2.05, 4.69) is 9.55 Å². The van der Waals surface area contributed by atoms with Crippen LogP contribution in [0.2, 0.25) is 0 Å². The van der Waals surface area contributed by atoms with Crippen molar-refractivity contribution in [2.24, 2.45) is 14.1 Å². The highest BCUT2D eigenvalue weighted by Gasteiger charge is 2.24. The summed E-state index contributed by atoms with van der Waals surface area (Å²) in [7, 11) is 3.13. The van der Waals surface area contributed by atoms with Crippen LogP contribution < -0.4 is 11.2 Å². The van der Waals surface area contributed by atoms with Gasteiger partial charge in [0.15, 0.2) is 11.2 Å². The quantitative estimate of drug-likeness (QED) is 0.541. The minimum Gasteiger partial charge on any atom is -0.376 e. The molecule has 4 heterocycles. The van der Waals surface area contributed by atoms with Crippen LogP contribution in [0, 0.1) is 0 Å². The topological polar surface area (TPSA) is 75.5 Å². The van der Waals surface area contributed by atoms with Crippen molar-refractivity contribution in [2.75, 3.05) is 6.61 Å². The molecule has 0 radical (unpaired) electrons. The predicted molar refractivity (Wildman–Crippen MR) is 106 cm³/mol. The first-order chi connectivity index (χ1) is 13.6. The van der Waals surface area contributed by atoms with E-state index in [4.69, 9.17) is 4.74 Å². The minimum atomic E-state index is -0.382. The van der Waals surface area contributed by atoms with E-state index in [0.29, 0.717) is 23.5 Å². The van der Waals surface area contributed by atoms with Crippen molar-refractivity contribution in [3.8, 4) is 11.3 Å². The summed E-state index contributed by atoms with van der Waals surface area (Å²) >= 11 is 0. The van der Waals surface area contributed by atoms with Gasteiger partial charge in [-0.2, -0.15) is 4.98 Å². The van der Waals surface area contributed by atoms with E-state index in [0.717, 1.165) is 35.3 Å². The SMILES string of the molecule is Cn1c(=O)c2c(nc3n(C[C@H]4CCCO4)c(-c4ccccc4)cn23)n(C)c1=O. The molecule has 3 aromatic heterocycles. The predicted octanol–water partition coefficient (Wildman–Crippen LogP) is 1.53. The lowest BCUT2D eigenvalue weighted by Gasteiger charge is -2.13. The van der Waals surface area contributed by atoms with Crippen LogP contribution in [-0.2, 0) is 25.4 Å². The molecular formula is C20H21N5O3. The number of fused-ring (bicyclic) bond motifs is 3. The smallest absolute Gasteiger partial charge is 0.332 e. The summed E-state index contributed by atoms with van der Waals surface area (Å²) < 4.78 is 12.3. The third-order valence-corrected chi connectivity index (χ3v) is 5.54. The van der Waals surface area contributed by atoms with Gasteiger partial charge in [-0.25, -0.2) is 4.79 Å². The average molecular weight is 379 g/mol. The van der Waals surface area contributed by atoms with Crippen LogP contribution in [0.1, 0.15) is 12.8 Å². The molecule has 1 aliphatic rings. The van der Waals surface area contributed by atoms with Crippen molar-refractivity contribution in [1.82, 2.24) is 23.1 Å². The number of hydrogen-bond acceptors (Lipinski definition) is 4. The van der Waals surface area contributed by atoms with Crippen molar-refractivity contribution in [3.63, 3.8) is 0 Å². The number of aromatic nitrogens is 5. The summed E-state index contributed by atoms with van der Waals surface area (Å²) in [6, 6.07) is 10.0. The van der Waals surface area contributed by atoms with Crippen molar-refractivity contribution in [3.05, 3.63) is 57.4 Å². The van der Waals surface area contributed by atoms with E-state index < -0.39 is 0 Å². The average Bonchev–Trinajstić information content (AvgIpc) is 3.42. The first kappa shape index (κ1) is 17.0. The fourth-order valence-electron chi connectivity index (χ4n) is 4.03. The molecule has 0 N–H and O–H groups in total. The molecule has 144 valence electrons. The molecule has 0 unspecified atom stereocenters. The van der Waals surface area contributed by atoms with Gasteiger partial charge in [-0.3, -0.25) is 18.3 Å². The van der Waals surface area contributed by atoms with Crippen LogP contribution in [0.3, 0.4) is 0 Å². The molecule has 5 rings (SSSR count). The number of aryl methyl sites for hydroxylation is 1. The molecule has 1 atom stereocenters. The van der Waals surface area contributed by atoms with E-state index in [9.17, 15) is 9.59 Å². The van der Waals surface area contributed by atoms with E-state index in [1.54, 1.807) is 11.4 Å². The Kier molecular flexibility index (Phi) is 3.77. The molecule has 1 saturated heterocycles. The molecule has 8 nitrogen and oxygen atoms in total. The van der Waals surface area contributed by atoms with Crippen LogP contribution in [0.5, 0.6) is 0 Å². The van der Waals surface area contributed by atoms with Gasteiger partial charge in [0.2, 0.25) is 5.78 Å². The van der Waals surface area contributed by atoms with Gasteiger partial charge in [0.25, 0.3) is 5.56 Å². The number of hydrogen-bond donors (Lipinski definition) is 0. The van der Waals surface area contributed by atoms with Gasteiger partial charge < -0.3 is 9.30 Å². The first-order valence-electron chi connectivity index (χ1n) is 9.40. The van der Waals surface area contributed by atoms with Gasteiger partial charge in [-0.15, -0.1) is 0 Å². The van der Waals surface area contributed by atoms with E-state index in [1.807, 2.05) is 36.5 Å². The van der Waals surface area contributed by atoms with Gasteiger partial charge in [0.1, 0.15) is 0 Å². The Morgan fingerprint density at radius 3 is 2.64 bits per heavy atom. The van der Waals surface area contributed by atoms with E-state index in [1.165, 1.54) is 11.6 Å². The summed E-state index contributed by atoms with van der Waals surface area (Å²) in [5.74, 6) is 0.641. The third-order valence-electron chi connectivity index (χ3n) is 5.54. The molecule has 8 heteroatoms. The number of nitrogens with zero attached hydrogens (tertiary/aromatic N) is 5. The lowest BCUT2D eigenvalue weighted by Crippen LogP contribution is -2.37. The Morgan fingerprint density at radius 2 is 1.93 bits per heavy atom. The zero-order valence-corrected chi connectivity index (χ0v) is 15.8. The molecule has 28 heavy (non-hydrogen) atoms. The molecule has 1 fully saturated rings. The normalized spacial score (nSPS) is 17.1. The highest BCUT2D eigenvalue weighted by molar-refractivity contribution is 5.78. The molecule has 0 spiro atoms. The molecule has 0 bridgehead atoms. The number of ether oxygens (including phenoxy) is 1. The van der Waals surface area contributed by atoms with Crippen LogP contribution in [0.4, 0.5) is 0 Å². The Bertz CT molecular complexity index is 1300. The zero-order valence-electron chi connectivity index (χ0n) is 15.8. The van der Waals surface area contributed by atoms with Gasteiger partial charge in [0, 0.05) is 26.9 Å². The van der Waals surface area contributed by atoms with Crippen molar-refractivity contribution >= 4 is 16.9 Å². The second kappa shape index (κ2) is 6.20. The molecule has 0 amide bonds. The van der Waals surface area contributed by atoms with Gasteiger partial charge in [-0.05, 0) is 18.4 Å². The summed E-state index contributed by atoms with van der Waals surface area (Å²) in [6.45, 7) is 1.42. The third kappa shape index (κ3) is 2.37. The van der Waals surface area contributed by atoms with E-state index in [-0.39, 0.29) is 17.4 Å². The molecule has 1 aromatic carbocycles. The summed E-state index contributed by atoms with van der Waals surface area (Å²) in [5.41, 5.74) is 2.08. The Morgan fingerprint density at radius 1 is 1.14 bits per heavy atom. The van der Waals surface area contributed by atoms with Crippen LogP contribution >= 0.6 is 0 Å². The standard InChI is InChI=1S/C20H21N5O3/c1-22-17-16(18(26)23(2)20(22)27)25-12-15(13-7-4-3-5-8-13)24(19(25)21-17)11-14-9-6-10-28-14/h3-5,7-8,12,14H,6,9-11H2,1-2H3/t14-/m1/s1. The lowest BCUT2D eigenvalue weighted by atomic mass is 10.1. The maximum atomic E-state index is 12.8. The van der Waals surface area contributed by atoms with E-state index >= 15 is 0 Å². The Balaban J connectivity index is 1.84. The van der Waals surface area contributed by atoms with Crippen molar-refractivity contribution in [1.29, 1.82) is 0 Å². The minimum absolute atomic E-state index is 0.116. The van der Waals surface area contributed by atoms with Gasteiger partial charge >= 0.3 is 5.69 Å². The van der Waals surface area contributed by atoms with Crippen molar-refractivity contribution < 1.29 is 4.74 Å². The van der Waals surface area contributed by atoms with Crippen molar-refractivity contribution in [2.45, 2.75) is 25.5 Å². The zero-order chi connectivity index (χ0) is 19.4. The second-order valence-electron chi connectivity index (χ2n) is 7.29. The first-order valence-corrected chi connectivity index (χ1v) is 9.40. The van der Waals surface area contributed by atoms with Crippen LogP contribution in [-0.4, -0.2) is 35.8 Å². The highest BCUT2D eigenvalue weighted by Crippen LogP contribution is 2.27. The fraction of sp³-hybridized carbons (Fsp3) is 0.350. The monoisotopic (exact) mass is 379 g/mol. The highest BCUT2D eigenvalue weighted by atomic mass is 16.5. The molecule has 1 aliphatic heterocycles. The number of benzene rings is 1.